The molecule has 0 aliphatic heterocycles. The Kier molecular flexibility index (Phi) is 3.52. The molecule has 0 saturated carbocycles. The van der Waals surface area contributed by atoms with Gasteiger partial charge in [-0.15, -0.1) is 0 Å². The summed E-state index contributed by atoms with van der Waals surface area (Å²) in [5, 5.41) is 3.04. The lowest BCUT2D eigenvalue weighted by atomic mass is 9.93. The van der Waals surface area contributed by atoms with Gasteiger partial charge in [0.25, 0.3) is 0 Å². The first-order chi connectivity index (χ1) is 11.6. The Labute approximate surface area is 138 Å². The second kappa shape index (κ2) is 5.70. The van der Waals surface area contributed by atoms with Crippen molar-refractivity contribution < 1.29 is 9.21 Å². The monoisotopic (exact) mass is 325 g/mol. The Morgan fingerprint density at radius 1 is 1.29 bits per heavy atom. The SMILES string of the molecule is Cn1c(=O)n(CC(=O)NC2CCCc3occc32)c2ccccc21. The normalized spacial score (nSPS) is 17.0. The van der Waals surface area contributed by atoms with Gasteiger partial charge in [-0.3, -0.25) is 13.9 Å². The van der Waals surface area contributed by atoms with E-state index in [2.05, 4.69) is 5.32 Å². The first kappa shape index (κ1) is 14.8. The maximum atomic E-state index is 12.5. The number of hydrogen-bond acceptors (Lipinski definition) is 3. The third kappa shape index (κ3) is 2.35. The van der Waals surface area contributed by atoms with Crippen LogP contribution in [0.2, 0.25) is 0 Å². The highest BCUT2D eigenvalue weighted by atomic mass is 16.3. The molecule has 0 radical (unpaired) electrons. The quantitative estimate of drug-likeness (QED) is 0.802. The van der Waals surface area contributed by atoms with Gasteiger partial charge in [0.15, 0.2) is 0 Å². The lowest BCUT2D eigenvalue weighted by molar-refractivity contribution is -0.122. The van der Waals surface area contributed by atoms with E-state index < -0.39 is 0 Å². The van der Waals surface area contributed by atoms with Gasteiger partial charge in [0.1, 0.15) is 12.3 Å². The Hall–Kier alpha value is -2.76. The summed E-state index contributed by atoms with van der Waals surface area (Å²) in [6.07, 6.45) is 4.46. The third-order valence-corrected chi connectivity index (χ3v) is 4.74. The second-order valence-corrected chi connectivity index (χ2v) is 6.23. The molecule has 0 fully saturated rings. The minimum absolute atomic E-state index is 0.0177. The van der Waals surface area contributed by atoms with Crippen molar-refractivity contribution in [2.24, 2.45) is 7.05 Å². The number of para-hydroxylation sites is 2. The highest BCUT2D eigenvalue weighted by molar-refractivity contribution is 5.81. The topological polar surface area (TPSA) is 69.2 Å². The molecule has 1 N–H and O–H groups in total. The van der Waals surface area contributed by atoms with Crippen molar-refractivity contribution in [3.05, 3.63) is 58.4 Å². The maximum Gasteiger partial charge on any atom is 0.329 e. The molecule has 0 bridgehead atoms. The number of fused-ring (bicyclic) bond motifs is 2. The molecule has 24 heavy (non-hydrogen) atoms. The van der Waals surface area contributed by atoms with Crippen molar-refractivity contribution in [3.8, 4) is 0 Å². The highest BCUT2D eigenvalue weighted by Crippen LogP contribution is 2.30. The largest absolute Gasteiger partial charge is 0.469 e. The summed E-state index contributed by atoms with van der Waals surface area (Å²) in [6.45, 7) is 0.0177. The molecule has 3 aromatic rings. The number of benzene rings is 1. The number of furan rings is 1. The molecule has 1 aliphatic carbocycles. The molecular formula is C18H19N3O3. The van der Waals surface area contributed by atoms with Crippen LogP contribution in [0, 0.1) is 0 Å². The molecule has 1 aliphatic rings. The van der Waals surface area contributed by atoms with Crippen molar-refractivity contribution in [3.63, 3.8) is 0 Å². The Balaban J connectivity index is 1.58. The van der Waals surface area contributed by atoms with E-state index in [0.29, 0.717) is 0 Å². The standard InChI is InChI=1S/C18H19N3O3/c1-20-14-6-2-3-7-15(14)21(18(20)23)11-17(22)19-13-5-4-8-16-12(13)9-10-24-16/h2-3,6-7,9-10,13H,4-5,8,11H2,1H3,(H,19,22). The zero-order valence-electron chi connectivity index (χ0n) is 13.5. The molecule has 6 nitrogen and oxygen atoms in total. The molecule has 4 rings (SSSR count). The number of nitrogens with zero attached hydrogens (tertiary/aromatic N) is 2. The fraction of sp³-hybridized carbons (Fsp3) is 0.333. The van der Waals surface area contributed by atoms with E-state index in [-0.39, 0.29) is 24.2 Å². The Morgan fingerprint density at radius 3 is 2.92 bits per heavy atom. The van der Waals surface area contributed by atoms with E-state index in [0.717, 1.165) is 41.6 Å². The number of carbonyl (C=O) groups excluding carboxylic acids is 1. The summed E-state index contributed by atoms with van der Waals surface area (Å²) >= 11 is 0. The minimum atomic E-state index is -0.181. The van der Waals surface area contributed by atoms with Crippen molar-refractivity contribution in [2.45, 2.75) is 31.8 Å². The fourth-order valence-corrected chi connectivity index (χ4v) is 3.54. The van der Waals surface area contributed by atoms with Crippen LogP contribution in [0.5, 0.6) is 0 Å². The first-order valence-electron chi connectivity index (χ1n) is 8.15. The number of amides is 1. The van der Waals surface area contributed by atoms with Crippen LogP contribution in [0.1, 0.15) is 30.2 Å². The summed E-state index contributed by atoms with van der Waals surface area (Å²) < 4.78 is 8.54. The number of rotatable bonds is 3. The Morgan fingerprint density at radius 2 is 2.08 bits per heavy atom. The molecular weight excluding hydrogens is 306 g/mol. The van der Waals surface area contributed by atoms with Gasteiger partial charge in [-0.25, -0.2) is 4.79 Å². The van der Waals surface area contributed by atoms with E-state index in [4.69, 9.17) is 4.42 Å². The number of imidazole rings is 1. The smallest absolute Gasteiger partial charge is 0.329 e. The van der Waals surface area contributed by atoms with E-state index in [9.17, 15) is 9.59 Å². The highest BCUT2D eigenvalue weighted by Gasteiger charge is 2.24. The van der Waals surface area contributed by atoms with Crippen molar-refractivity contribution in [2.75, 3.05) is 0 Å². The molecule has 0 saturated heterocycles. The van der Waals surface area contributed by atoms with Gasteiger partial charge < -0.3 is 9.73 Å². The van der Waals surface area contributed by atoms with Gasteiger partial charge >= 0.3 is 5.69 Å². The van der Waals surface area contributed by atoms with Crippen molar-refractivity contribution in [1.29, 1.82) is 0 Å². The average Bonchev–Trinajstić information content (AvgIpc) is 3.16. The van der Waals surface area contributed by atoms with E-state index >= 15 is 0 Å². The summed E-state index contributed by atoms with van der Waals surface area (Å²) in [7, 11) is 1.72. The molecule has 1 atom stereocenters. The predicted molar refractivity (Wildman–Crippen MR) is 89.7 cm³/mol. The third-order valence-electron chi connectivity index (χ3n) is 4.74. The van der Waals surface area contributed by atoms with Crippen molar-refractivity contribution in [1.82, 2.24) is 14.5 Å². The zero-order valence-corrected chi connectivity index (χ0v) is 13.5. The summed E-state index contributed by atoms with van der Waals surface area (Å²) in [4.78, 5) is 24.9. The molecule has 0 spiro atoms. The number of carbonyl (C=O) groups is 1. The summed E-state index contributed by atoms with van der Waals surface area (Å²) in [6, 6.07) is 9.38. The second-order valence-electron chi connectivity index (χ2n) is 6.23. The predicted octanol–water partition coefficient (Wildman–Crippen LogP) is 2.13. The molecule has 1 aromatic carbocycles. The number of nitrogens with one attached hydrogen (secondary N) is 1. The lowest BCUT2D eigenvalue weighted by Gasteiger charge is -2.22. The van der Waals surface area contributed by atoms with Crippen LogP contribution in [-0.2, 0) is 24.8 Å². The lowest BCUT2D eigenvalue weighted by Crippen LogP contribution is -2.35. The van der Waals surface area contributed by atoms with E-state index in [1.165, 1.54) is 4.57 Å². The molecule has 2 heterocycles. The van der Waals surface area contributed by atoms with Gasteiger partial charge in [-0.1, -0.05) is 12.1 Å². The van der Waals surface area contributed by atoms with Crippen LogP contribution in [-0.4, -0.2) is 15.0 Å². The average molecular weight is 325 g/mol. The summed E-state index contributed by atoms with van der Waals surface area (Å²) in [5.74, 6) is 0.793. The minimum Gasteiger partial charge on any atom is -0.469 e. The van der Waals surface area contributed by atoms with Crippen molar-refractivity contribution >= 4 is 16.9 Å². The van der Waals surface area contributed by atoms with Crippen LogP contribution in [0.25, 0.3) is 11.0 Å². The zero-order chi connectivity index (χ0) is 16.7. The molecule has 1 amide bonds. The molecule has 124 valence electrons. The fourth-order valence-electron chi connectivity index (χ4n) is 3.54. The number of hydrogen-bond donors (Lipinski definition) is 1. The summed E-state index contributed by atoms with van der Waals surface area (Å²) in [5.41, 5.74) is 2.47. The van der Waals surface area contributed by atoms with Gasteiger partial charge in [0.2, 0.25) is 5.91 Å². The Bertz CT molecular complexity index is 963. The van der Waals surface area contributed by atoms with E-state index in [1.54, 1.807) is 17.9 Å². The first-order valence-corrected chi connectivity index (χ1v) is 8.15. The van der Waals surface area contributed by atoms with Crippen LogP contribution < -0.4 is 11.0 Å². The maximum absolute atomic E-state index is 12.5. The molecule has 6 heteroatoms. The molecule has 1 unspecified atom stereocenters. The van der Waals surface area contributed by atoms with Gasteiger partial charge in [-0.2, -0.15) is 0 Å². The van der Waals surface area contributed by atoms with Gasteiger partial charge in [0.05, 0.1) is 23.3 Å². The van der Waals surface area contributed by atoms with Crippen LogP contribution in [0.15, 0.2) is 45.8 Å². The van der Waals surface area contributed by atoms with Crippen LogP contribution in [0.4, 0.5) is 0 Å². The van der Waals surface area contributed by atoms with E-state index in [1.807, 2.05) is 30.3 Å². The van der Waals surface area contributed by atoms with Gasteiger partial charge in [0, 0.05) is 19.0 Å². The van der Waals surface area contributed by atoms with Crippen LogP contribution >= 0.6 is 0 Å². The van der Waals surface area contributed by atoms with Gasteiger partial charge in [-0.05, 0) is 31.0 Å². The number of aryl methyl sites for hydroxylation is 2. The van der Waals surface area contributed by atoms with Crippen LogP contribution in [0.3, 0.4) is 0 Å². The number of aromatic nitrogens is 2. The molecule has 2 aromatic heterocycles.